The summed E-state index contributed by atoms with van der Waals surface area (Å²) in [7, 11) is 0. The maximum Gasteiger partial charge on any atom is 0.164 e. The van der Waals surface area contributed by atoms with E-state index in [9.17, 15) is 0 Å². The zero-order valence-electron chi connectivity index (χ0n) is 38.5. The van der Waals surface area contributed by atoms with E-state index in [0.29, 0.717) is 34.9 Å². The third-order valence-corrected chi connectivity index (χ3v) is 13.6. The molecule has 0 aliphatic heterocycles. The van der Waals surface area contributed by atoms with Gasteiger partial charge in [-0.05, 0) is 91.0 Å². The van der Waals surface area contributed by atoms with Gasteiger partial charge in [0.1, 0.15) is 0 Å². The summed E-state index contributed by atoms with van der Waals surface area (Å²) < 4.78 is 0. The Kier molecular flexibility index (Phi) is 9.67. The molecule has 4 aromatic heterocycles. The van der Waals surface area contributed by atoms with Crippen molar-refractivity contribution in [3.05, 3.63) is 231 Å². The topological polar surface area (TPSA) is 103 Å². The zero-order valence-corrected chi connectivity index (χ0v) is 38.5. The van der Waals surface area contributed by atoms with Crippen LogP contribution in [-0.2, 0) is 0 Å². The minimum atomic E-state index is 0.564. The van der Waals surface area contributed by atoms with Crippen molar-refractivity contribution in [3.63, 3.8) is 0 Å². The lowest BCUT2D eigenvalue weighted by Gasteiger charge is -2.21. The van der Waals surface area contributed by atoms with E-state index in [-0.39, 0.29) is 0 Å². The van der Waals surface area contributed by atoms with Gasteiger partial charge in [-0.1, -0.05) is 182 Å². The highest BCUT2D eigenvalue weighted by Gasteiger charge is 2.24. The monoisotopic (exact) mass is 918 g/mol. The fourth-order valence-electron chi connectivity index (χ4n) is 10.2. The van der Waals surface area contributed by atoms with Crippen molar-refractivity contribution in [1.82, 2.24) is 39.9 Å². The number of nitrogens with zero attached hydrogens (tertiary/aromatic N) is 8. The third kappa shape index (κ3) is 7.08. The van der Waals surface area contributed by atoms with Crippen LogP contribution in [0.1, 0.15) is 0 Å². The maximum atomic E-state index is 5.37. The lowest BCUT2D eigenvalue weighted by Crippen LogP contribution is -2.02. The molecule has 0 saturated carbocycles. The molecule has 0 unspecified atom stereocenters. The maximum absolute atomic E-state index is 5.37. The van der Waals surface area contributed by atoms with Crippen LogP contribution < -0.4 is 0 Å². The number of rotatable bonds is 8. The predicted octanol–water partition coefficient (Wildman–Crippen LogP) is 15.4. The van der Waals surface area contributed by atoms with Crippen LogP contribution in [0.25, 0.3) is 145 Å². The number of fused-ring (bicyclic) bond motifs is 2. The zero-order chi connectivity index (χ0) is 47.5. The van der Waals surface area contributed by atoms with Crippen LogP contribution in [0.2, 0.25) is 0 Å². The van der Waals surface area contributed by atoms with Crippen LogP contribution in [0, 0.1) is 0 Å². The molecular weight excluding hydrogens is 881 g/mol. The van der Waals surface area contributed by atoms with Gasteiger partial charge in [0.15, 0.2) is 34.9 Å². The summed E-state index contributed by atoms with van der Waals surface area (Å²) in [5.41, 5.74) is 11.3. The molecule has 10 aromatic carbocycles. The Morgan fingerprint density at radius 2 is 0.556 bits per heavy atom. The minimum Gasteiger partial charge on any atom is -0.256 e. The van der Waals surface area contributed by atoms with Crippen molar-refractivity contribution in [1.29, 1.82) is 0 Å². The molecule has 14 rings (SSSR count). The summed E-state index contributed by atoms with van der Waals surface area (Å²) in [5.74, 6) is 3.43. The van der Waals surface area contributed by atoms with Gasteiger partial charge in [-0.25, -0.2) is 29.9 Å². The number of benzene rings is 10. The van der Waals surface area contributed by atoms with Crippen molar-refractivity contribution in [2.75, 3.05) is 0 Å². The highest BCUT2D eigenvalue weighted by atomic mass is 15.0. The van der Waals surface area contributed by atoms with E-state index in [0.717, 1.165) is 110 Å². The number of hydrogen-bond donors (Lipinski definition) is 0. The van der Waals surface area contributed by atoms with E-state index in [1.807, 2.05) is 85.2 Å². The van der Waals surface area contributed by atoms with Crippen molar-refractivity contribution in [3.8, 4) is 90.6 Å². The first-order chi connectivity index (χ1) is 35.7. The fourth-order valence-corrected chi connectivity index (χ4v) is 10.2. The molecule has 8 nitrogen and oxygen atoms in total. The first-order valence-corrected chi connectivity index (χ1v) is 23.9. The average molecular weight is 919 g/mol. The van der Waals surface area contributed by atoms with Crippen LogP contribution in [0.5, 0.6) is 0 Å². The van der Waals surface area contributed by atoms with Crippen molar-refractivity contribution in [2.45, 2.75) is 0 Å². The summed E-state index contributed by atoms with van der Waals surface area (Å²) in [4.78, 5) is 41.1. The predicted molar refractivity (Wildman–Crippen MR) is 291 cm³/mol. The van der Waals surface area contributed by atoms with E-state index in [1.54, 1.807) is 0 Å². The standard InChI is InChI=1S/C64H38N8/c1-5-15-39(16-6-1)51-37-53(63-69-59(43-19-9-3-10-20-43)67-61(71-63)45-27-25-41-23-13-33-65-55(41)35-45)49-32-30-48-52(40-17-7-2-8-18-40)38-54(50-31-29-47(51)57(49)58(48)50)64-70-60(44-21-11-4-12-22-44)68-62(72-64)46-28-26-42-24-14-34-66-56(42)36-46/h1-38H. The molecule has 0 amide bonds. The van der Waals surface area contributed by atoms with E-state index in [1.165, 1.54) is 0 Å². The molecule has 0 bridgehead atoms. The normalized spacial score (nSPS) is 11.6. The van der Waals surface area contributed by atoms with E-state index >= 15 is 0 Å². The van der Waals surface area contributed by atoms with Crippen molar-refractivity contribution >= 4 is 54.1 Å². The van der Waals surface area contributed by atoms with Crippen molar-refractivity contribution in [2.24, 2.45) is 0 Å². The molecule has 0 spiro atoms. The van der Waals surface area contributed by atoms with Gasteiger partial charge in [0, 0.05) is 56.5 Å². The van der Waals surface area contributed by atoms with E-state index in [4.69, 9.17) is 29.9 Å². The van der Waals surface area contributed by atoms with Crippen LogP contribution in [-0.4, -0.2) is 39.9 Å². The molecule has 0 N–H and O–H groups in total. The summed E-state index contributed by atoms with van der Waals surface area (Å²) in [6, 6.07) is 75.4. The Hall–Kier alpha value is -9.92. The Morgan fingerprint density at radius 1 is 0.222 bits per heavy atom. The molecule has 0 atom stereocenters. The minimum absolute atomic E-state index is 0.564. The highest BCUT2D eigenvalue weighted by molar-refractivity contribution is 6.31. The lowest BCUT2D eigenvalue weighted by molar-refractivity contribution is 1.08. The second kappa shape index (κ2) is 16.9. The molecule has 0 saturated heterocycles. The number of aromatic nitrogens is 8. The summed E-state index contributed by atoms with van der Waals surface area (Å²) in [6.45, 7) is 0. The Bertz CT molecular complexity index is 4090. The second-order valence-corrected chi connectivity index (χ2v) is 17.9. The Balaban J connectivity index is 1.08. The Labute approximate surface area is 413 Å². The highest BCUT2D eigenvalue weighted by Crippen LogP contribution is 2.48. The van der Waals surface area contributed by atoms with Gasteiger partial charge in [-0.3, -0.25) is 9.97 Å². The molecule has 0 aliphatic carbocycles. The molecule has 14 aromatic rings. The third-order valence-electron chi connectivity index (χ3n) is 13.6. The van der Waals surface area contributed by atoms with Gasteiger partial charge in [0.05, 0.1) is 11.0 Å². The van der Waals surface area contributed by atoms with E-state index < -0.39 is 0 Å². The SMILES string of the molecule is c1ccc(-c2nc(-c3ccc4cccnc4c3)nc(-c3cc(-c4ccccc4)c4ccc5c(-c6nc(-c7ccccc7)nc(-c7ccc8cccnc8c7)n6)cc(-c6ccccc6)c6ccc3c4c65)n2)cc1. The molecule has 0 aliphatic rings. The molecule has 0 fully saturated rings. The van der Waals surface area contributed by atoms with Gasteiger partial charge in [0.2, 0.25) is 0 Å². The van der Waals surface area contributed by atoms with Gasteiger partial charge < -0.3 is 0 Å². The number of hydrogen-bond acceptors (Lipinski definition) is 8. The molecule has 0 radical (unpaired) electrons. The second-order valence-electron chi connectivity index (χ2n) is 17.9. The molecule has 334 valence electrons. The largest absolute Gasteiger partial charge is 0.256 e. The molecule has 4 heterocycles. The van der Waals surface area contributed by atoms with Crippen LogP contribution in [0.4, 0.5) is 0 Å². The smallest absolute Gasteiger partial charge is 0.164 e. The van der Waals surface area contributed by atoms with Gasteiger partial charge in [-0.15, -0.1) is 0 Å². The molecule has 8 heteroatoms. The first-order valence-electron chi connectivity index (χ1n) is 23.9. The number of pyridine rings is 2. The van der Waals surface area contributed by atoms with Crippen molar-refractivity contribution < 1.29 is 0 Å². The molecular formula is C64H38N8. The summed E-state index contributed by atoms with van der Waals surface area (Å²) in [5, 5.41) is 8.52. The summed E-state index contributed by atoms with van der Waals surface area (Å²) >= 11 is 0. The van der Waals surface area contributed by atoms with Crippen LogP contribution in [0.15, 0.2) is 231 Å². The average Bonchev–Trinajstić information content (AvgIpc) is 3.46. The fraction of sp³-hybridized carbons (Fsp3) is 0. The lowest BCUT2D eigenvalue weighted by atomic mass is 9.83. The van der Waals surface area contributed by atoms with Gasteiger partial charge in [0.25, 0.3) is 0 Å². The van der Waals surface area contributed by atoms with E-state index in [2.05, 4.69) is 156 Å². The van der Waals surface area contributed by atoms with Gasteiger partial charge in [-0.2, -0.15) is 0 Å². The van der Waals surface area contributed by atoms with Crippen LogP contribution >= 0.6 is 0 Å². The summed E-state index contributed by atoms with van der Waals surface area (Å²) in [6.07, 6.45) is 3.63. The van der Waals surface area contributed by atoms with Gasteiger partial charge >= 0.3 is 0 Å². The van der Waals surface area contributed by atoms with Crippen LogP contribution in [0.3, 0.4) is 0 Å². The molecule has 72 heavy (non-hydrogen) atoms. The first kappa shape index (κ1) is 41.1. The quantitative estimate of drug-likeness (QED) is 0.139. The Morgan fingerprint density at radius 3 is 0.944 bits per heavy atom.